The minimum absolute atomic E-state index is 0.00230. The van der Waals surface area contributed by atoms with Gasteiger partial charge in [-0.25, -0.2) is 4.79 Å². The van der Waals surface area contributed by atoms with Crippen LogP contribution in [0.4, 0.5) is 11.4 Å². The number of non-ortho nitro benzene ring substituents is 1. The highest BCUT2D eigenvalue weighted by molar-refractivity contribution is 5.83. The van der Waals surface area contributed by atoms with Gasteiger partial charge in [0, 0.05) is 18.3 Å². The number of aliphatic carboxylic acids is 1. The number of carbonyl (C=O) groups is 1. The van der Waals surface area contributed by atoms with Crippen LogP contribution in [0.15, 0.2) is 47.5 Å². The van der Waals surface area contributed by atoms with Crippen LogP contribution in [0.2, 0.25) is 0 Å². The van der Waals surface area contributed by atoms with Crippen molar-refractivity contribution in [2.45, 2.75) is 6.92 Å². The summed E-state index contributed by atoms with van der Waals surface area (Å²) in [6.07, 6.45) is 1.57. The van der Waals surface area contributed by atoms with Crippen molar-refractivity contribution < 1.29 is 24.3 Å². The van der Waals surface area contributed by atoms with Gasteiger partial charge in [0.05, 0.1) is 17.2 Å². The average Bonchev–Trinajstić information content (AvgIpc) is 2.59. The van der Waals surface area contributed by atoms with Crippen molar-refractivity contribution in [3.05, 3.63) is 58.1 Å². The minimum atomic E-state index is -1.08. The molecule has 0 bridgehead atoms. The Morgan fingerprint density at radius 1 is 1.20 bits per heavy atom. The summed E-state index contributed by atoms with van der Waals surface area (Å²) in [5.74, 6) is -0.334. The lowest BCUT2D eigenvalue weighted by Gasteiger charge is -2.11. The highest BCUT2D eigenvalue weighted by Gasteiger charge is 2.08. The number of ether oxygens (including phenoxy) is 2. The van der Waals surface area contributed by atoms with E-state index in [4.69, 9.17) is 14.6 Å². The van der Waals surface area contributed by atoms with E-state index in [1.165, 1.54) is 12.1 Å². The van der Waals surface area contributed by atoms with Gasteiger partial charge in [-0.15, -0.1) is 0 Å². The number of carboxylic acid groups (broad SMARTS) is 1. The highest BCUT2D eigenvalue weighted by atomic mass is 16.6. The van der Waals surface area contributed by atoms with E-state index >= 15 is 0 Å². The van der Waals surface area contributed by atoms with Gasteiger partial charge in [-0.3, -0.25) is 15.1 Å². The Balaban J connectivity index is 2.16. The molecule has 0 spiro atoms. The number of aliphatic imine (C=N–C) groups is 1. The number of hydrogen-bond acceptors (Lipinski definition) is 6. The SMILES string of the molecule is CCOc1cc(C=Nc2ccc([N+](=O)[O-])cc2)ccc1OCC(=O)O. The molecule has 0 amide bonds. The summed E-state index contributed by atoms with van der Waals surface area (Å²) in [7, 11) is 0. The summed E-state index contributed by atoms with van der Waals surface area (Å²) in [4.78, 5) is 25.0. The first-order valence-corrected chi connectivity index (χ1v) is 7.39. The number of nitrogens with zero attached hydrogens (tertiary/aromatic N) is 2. The second-order valence-corrected chi connectivity index (χ2v) is 4.85. The maximum Gasteiger partial charge on any atom is 0.341 e. The molecule has 2 aromatic rings. The smallest absolute Gasteiger partial charge is 0.341 e. The van der Waals surface area contributed by atoms with Gasteiger partial charge in [-0.05, 0) is 42.8 Å². The van der Waals surface area contributed by atoms with E-state index in [0.717, 1.165) is 0 Å². The number of carboxylic acids is 1. The standard InChI is InChI=1S/C17H16N2O6/c1-2-24-16-9-12(3-8-15(16)25-11-17(20)21)10-18-13-4-6-14(7-5-13)19(22)23/h3-10H,2,11H2,1H3,(H,20,21). The van der Waals surface area contributed by atoms with E-state index in [2.05, 4.69) is 4.99 Å². The molecule has 0 heterocycles. The van der Waals surface area contributed by atoms with Crippen molar-refractivity contribution in [2.75, 3.05) is 13.2 Å². The van der Waals surface area contributed by atoms with Crippen molar-refractivity contribution in [1.82, 2.24) is 0 Å². The van der Waals surface area contributed by atoms with Crippen LogP contribution in [0.3, 0.4) is 0 Å². The number of benzene rings is 2. The number of hydrogen-bond donors (Lipinski definition) is 1. The van der Waals surface area contributed by atoms with E-state index in [9.17, 15) is 14.9 Å². The summed E-state index contributed by atoms with van der Waals surface area (Å²) in [5.41, 5.74) is 1.27. The molecule has 0 saturated carbocycles. The Hall–Kier alpha value is -3.42. The molecule has 25 heavy (non-hydrogen) atoms. The van der Waals surface area contributed by atoms with Crippen LogP contribution >= 0.6 is 0 Å². The summed E-state index contributed by atoms with van der Waals surface area (Å²) in [5, 5.41) is 19.3. The van der Waals surface area contributed by atoms with Gasteiger partial charge >= 0.3 is 5.97 Å². The fourth-order valence-corrected chi connectivity index (χ4v) is 1.94. The van der Waals surface area contributed by atoms with Gasteiger partial charge in [-0.1, -0.05) is 0 Å². The molecule has 130 valence electrons. The molecule has 8 heteroatoms. The molecule has 0 aliphatic carbocycles. The van der Waals surface area contributed by atoms with Gasteiger partial charge in [0.2, 0.25) is 0 Å². The van der Waals surface area contributed by atoms with Gasteiger partial charge in [0.25, 0.3) is 5.69 Å². The third-order valence-corrected chi connectivity index (χ3v) is 3.04. The molecule has 8 nitrogen and oxygen atoms in total. The molecule has 0 atom stereocenters. The summed E-state index contributed by atoms with van der Waals surface area (Å²) < 4.78 is 10.6. The molecule has 0 aliphatic heterocycles. The summed E-state index contributed by atoms with van der Waals surface area (Å²) in [6, 6.07) is 10.8. The molecule has 0 aliphatic rings. The number of nitro groups is 1. The van der Waals surface area contributed by atoms with Crippen molar-refractivity contribution >= 4 is 23.6 Å². The van der Waals surface area contributed by atoms with Crippen LogP contribution in [0.1, 0.15) is 12.5 Å². The Morgan fingerprint density at radius 2 is 1.92 bits per heavy atom. The van der Waals surface area contributed by atoms with Crippen LogP contribution in [-0.2, 0) is 4.79 Å². The van der Waals surface area contributed by atoms with Crippen LogP contribution in [0, 0.1) is 10.1 Å². The van der Waals surface area contributed by atoms with E-state index < -0.39 is 17.5 Å². The predicted molar refractivity (Wildman–Crippen MR) is 91.1 cm³/mol. The zero-order chi connectivity index (χ0) is 18.2. The average molecular weight is 344 g/mol. The lowest BCUT2D eigenvalue weighted by molar-refractivity contribution is -0.384. The van der Waals surface area contributed by atoms with Crippen LogP contribution < -0.4 is 9.47 Å². The van der Waals surface area contributed by atoms with Crippen LogP contribution in [0.25, 0.3) is 0 Å². The fourth-order valence-electron chi connectivity index (χ4n) is 1.94. The highest BCUT2D eigenvalue weighted by Crippen LogP contribution is 2.28. The van der Waals surface area contributed by atoms with Crippen molar-refractivity contribution in [1.29, 1.82) is 0 Å². The second-order valence-electron chi connectivity index (χ2n) is 4.85. The van der Waals surface area contributed by atoms with Crippen molar-refractivity contribution in [3.63, 3.8) is 0 Å². The molecular formula is C17H16N2O6. The van der Waals surface area contributed by atoms with Crippen LogP contribution in [0.5, 0.6) is 11.5 Å². The Bertz CT molecular complexity index is 786. The molecule has 0 aromatic heterocycles. The van der Waals surface area contributed by atoms with Gasteiger partial charge in [0.15, 0.2) is 18.1 Å². The number of nitro benzene ring substituents is 1. The summed E-state index contributed by atoms with van der Waals surface area (Å²) >= 11 is 0. The molecule has 0 radical (unpaired) electrons. The first kappa shape index (κ1) is 17.9. The van der Waals surface area contributed by atoms with E-state index in [-0.39, 0.29) is 5.69 Å². The van der Waals surface area contributed by atoms with E-state index in [1.807, 2.05) is 0 Å². The molecule has 1 N–H and O–H groups in total. The molecule has 0 saturated heterocycles. The fraction of sp³-hybridized carbons (Fsp3) is 0.176. The zero-order valence-electron chi connectivity index (χ0n) is 13.4. The van der Waals surface area contributed by atoms with Gasteiger partial charge < -0.3 is 14.6 Å². The predicted octanol–water partition coefficient (Wildman–Crippen LogP) is 3.21. The second kappa shape index (κ2) is 8.44. The third kappa shape index (κ3) is 5.31. The summed E-state index contributed by atoms with van der Waals surface area (Å²) in [6.45, 7) is 1.74. The monoisotopic (exact) mass is 344 g/mol. The topological polar surface area (TPSA) is 111 Å². The zero-order valence-corrected chi connectivity index (χ0v) is 13.4. The normalized spacial score (nSPS) is 10.6. The lowest BCUT2D eigenvalue weighted by atomic mass is 10.2. The third-order valence-electron chi connectivity index (χ3n) is 3.04. The molecule has 0 fully saturated rings. The first-order valence-electron chi connectivity index (χ1n) is 7.39. The van der Waals surface area contributed by atoms with E-state index in [1.54, 1.807) is 43.5 Å². The van der Waals surface area contributed by atoms with Crippen LogP contribution in [-0.4, -0.2) is 35.4 Å². The van der Waals surface area contributed by atoms with Gasteiger partial charge in [-0.2, -0.15) is 0 Å². The molecule has 0 unspecified atom stereocenters. The Labute approximate surface area is 143 Å². The van der Waals surface area contributed by atoms with Gasteiger partial charge in [0.1, 0.15) is 0 Å². The molecule has 2 rings (SSSR count). The quantitative estimate of drug-likeness (QED) is 0.447. The maximum absolute atomic E-state index is 10.6. The Kier molecular flexibility index (Phi) is 6.05. The lowest BCUT2D eigenvalue weighted by Crippen LogP contribution is -2.10. The van der Waals surface area contributed by atoms with E-state index in [0.29, 0.717) is 29.4 Å². The number of rotatable bonds is 8. The maximum atomic E-state index is 10.6. The molecule has 2 aromatic carbocycles. The first-order chi connectivity index (χ1) is 12.0. The minimum Gasteiger partial charge on any atom is -0.490 e. The molecular weight excluding hydrogens is 328 g/mol. The Morgan fingerprint density at radius 3 is 2.52 bits per heavy atom. The largest absolute Gasteiger partial charge is 0.490 e. The van der Waals surface area contributed by atoms with Crippen molar-refractivity contribution in [2.24, 2.45) is 4.99 Å². The van der Waals surface area contributed by atoms with Crippen molar-refractivity contribution in [3.8, 4) is 11.5 Å².